The molecule has 0 aromatic heterocycles. The molecular weight excluding hydrogens is 249 g/mol. The SMILES string of the molecule is Cc1cccc(CNc2ccc(Cl)cc2F)c1C. The second kappa shape index (κ2) is 5.40. The Morgan fingerprint density at radius 1 is 1.17 bits per heavy atom. The summed E-state index contributed by atoms with van der Waals surface area (Å²) in [7, 11) is 0. The van der Waals surface area contributed by atoms with Crippen LogP contribution in [0.1, 0.15) is 16.7 Å². The van der Waals surface area contributed by atoms with E-state index in [2.05, 4.69) is 25.2 Å². The topological polar surface area (TPSA) is 12.0 Å². The fourth-order valence-corrected chi connectivity index (χ4v) is 1.99. The van der Waals surface area contributed by atoms with Crippen molar-refractivity contribution in [2.45, 2.75) is 20.4 Å². The molecule has 0 unspecified atom stereocenters. The van der Waals surface area contributed by atoms with Crippen molar-refractivity contribution < 1.29 is 4.39 Å². The number of nitrogens with one attached hydrogen (secondary N) is 1. The average molecular weight is 264 g/mol. The van der Waals surface area contributed by atoms with Gasteiger partial charge in [0.25, 0.3) is 0 Å². The minimum Gasteiger partial charge on any atom is -0.379 e. The van der Waals surface area contributed by atoms with Crippen LogP contribution >= 0.6 is 11.6 Å². The lowest BCUT2D eigenvalue weighted by atomic mass is 10.0. The van der Waals surface area contributed by atoms with Gasteiger partial charge in [-0.2, -0.15) is 0 Å². The maximum Gasteiger partial charge on any atom is 0.147 e. The molecule has 3 heteroatoms. The van der Waals surface area contributed by atoms with Crippen LogP contribution in [-0.4, -0.2) is 0 Å². The second-order valence-corrected chi connectivity index (χ2v) is 4.77. The van der Waals surface area contributed by atoms with Crippen molar-refractivity contribution in [1.82, 2.24) is 0 Å². The zero-order valence-corrected chi connectivity index (χ0v) is 11.2. The number of hydrogen-bond acceptors (Lipinski definition) is 1. The number of anilines is 1. The molecule has 18 heavy (non-hydrogen) atoms. The van der Waals surface area contributed by atoms with E-state index in [-0.39, 0.29) is 5.82 Å². The van der Waals surface area contributed by atoms with Gasteiger partial charge in [-0.25, -0.2) is 4.39 Å². The molecule has 1 N–H and O–H groups in total. The lowest BCUT2D eigenvalue weighted by Gasteiger charge is -2.11. The Labute approximate surface area is 112 Å². The standard InChI is InChI=1S/C15H15ClFN/c1-10-4-3-5-12(11(10)2)9-18-15-7-6-13(16)8-14(15)17/h3-8,18H,9H2,1-2H3. The largest absolute Gasteiger partial charge is 0.379 e. The summed E-state index contributed by atoms with van der Waals surface area (Å²) in [6, 6.07) is 10.8. The van der Waals surface area contributed by atoms with Gasteiger partial charge in [-0.1, -0.05) is 29.8 Å². The molecule has 0 atom stereocenters. The first kappa shape index (κ1) is 12.9. The lowest BCUT2D eigenvalue weighted by molar-refractivity contribution is 0.630. The van der Waals surface area contributed by atoms with Gasteiger partial charge in [0.1, 0.15) is 5.82 Å². The van der Waals surface area contributed by atoms with Gasteiger partial charge in [0.15, 0.2) is 0 Å². The maximum absolute atomic E-state index is 13.6. The van der Waals surface area contributed by atoms with Crippen molar-refractivity contribution in [1.29, 1.82) is 0 Å². The molecule has 0 bridgehead atoms. The highest BCUT2D eigenvalue weighted by Gasteiger charge is 2.04. The van der Waals surface area contributed by atoms with Crippen LogP contribution in [0.4, 0.5) is 10.1 Å². The van der Waals surface area contributed by atoms with Crippen molar-refractivity contribution in [2.24, 2.45) is 0 Å². The third-order valence-electron chi connectivity index (χ3n) is 3.12. The Morgan fingerprint density at radius 2 is 1.94 bits per heavy atom. The summed E-state index contributed by atoms with van der Waals surface area (Å²) in [6.07, 6.45) is 0. The zero-order valence-electron chi connectivity index (χ0n) is 10.4. The van der Waals surface area contributed by atoms with Gasteiger partial charge in [-0.05, 0) is 48.7 Å². The van der Waals surface area contributed by atoms with E-state index in [1.54, 1.807) is 12.1 Å². The molecule has 94 valence electrons. The van der Waals surface area contributed by atoms with Crippen LogP contribution in [0.2, 0.25) is 5.02 Å². The Bertz CT molecular complexity index is 566. The first-order chi connectivity index (χ1) is 8.58. The summed E-state index contributed by atoms with van der Waals surface area (Å²) in [5.74, 6) is -0.326. The molecule has 2 aromatic rings. The van der Waals surface area contributed by atoms with Crippen LogP contribution in [-0.2, 0) is 6.54 Å². The maximum atomic E-state index is 13.6. The van der Waals surface area contributed by atoms with Crippen molar-refractivity contribution in [3.05, 3.63) is 63.9 Å². The van der Waals surface area contributed by atoms with Crippen LogP contribution in [0, 0.1) is 19.7 Å². The minimum atomic E-state index is -0.326. The Kier molecular flexibility index (Phi) is 3.87. The summed E-state index contributed by atoms with van der Waals surface area (Å²) in [4.78, 5) is 0. The summed E-state index contributed by atoms with van der Waals surface area (Å²) in [5, 5.41) is 3.50. The molecule has 0 radical (unpaired) electrons. The van der Waals surface area contributed by atoms with Crippen LogP contribution < -0.4 is 5.32 Å². The monoisotopic (exact) mass is 263 g/mol. The fraction of sp³-hybridized carbons (Fsp3) is 0.200. The smallest absolute Gasteiger partial charge is 0.147 e. The summed E-state index contributed by atoms with van der Waals surface area (Å²) in [6.45, 7) is 4.75. The summed E-state index contributed by atoms with van der Waals surface area (Å²) in [5.41, 5.74) is 4.12. The van der Waals surface area contributed by atoms with Crippen LogP contribution in [0.5, 0.6) is 0 Å². The van der Waals surface area contributed by atoms with Crippen LogP contribution in [0.25, 0.3) is 0 Å². The first-order valence-electron chi connectivity index (χ1n) is 5.82. The first-order valence-corrected chi connectivity index (χ1v) is 6.20. The predicted octanol–water partition coefficient (Wildman–Crippen LogP) is 4.71. The van der Waals surface area contributed by atoms with Crippen molar-refractivity contribution in [2.75, 3.05) is 5.32 Å². The number of halogens is 2. The highest BCUT2D eigenvalue weighted by Crippen LogP contribution is 2.20. The molecule has 0 saturated carbocycles. The number of hydrogen-bond donors (Lipinski definition) is 1. The van der Waals surface area contributed by atoms with Gasteiger partial charge >= 0.3 is 0 Å². The van der Waals surface area contributed by atoms with E-state index in [9.17, 15) is 4.39 Å². The molecule has 0 saturated heterocycles. The average Bonchev–Trinajstić information content (AvgIpc) is 2.33. The van der Waals surface area contributed by atoms with E-state index in [0.717, 1.165) is 0 Å². The molecule has 0 aliphatic rings. The third kappa shape index (κ3) is 2.82. The number of aryl methyl sites for hydroxylation is 1. The van der Waals surface area contributed by atoms with Gasteiger partial charge in [0.05, 0.1) is 5.69 Å². The minimum absolute atomic E-state index is 0.326. The highest BCUT2D eigenvalue weighted by molar-refractivity contribution is 6.30. The van der Waals surface area contributed by atoms with Gasteiger partial charge in [0.2, 0.25) is 0 Å². The molecule has 0 aliphatic heterocycles. The van der Waals surface area contributed by atoms with E-state index in [4.69, 9.17) is 11.6 Å². The van der Waals surface area contributed by atoms with Crippen molar-refractivity contribution >= 4 is 17.3 Å². The molecule has 0 aliphatic carbocycles. The fourth-order valence-electron chi connectivity index (χ4n) is 1.83. The van der Waals surface area contributed by atoms with Crippen LogP contribution in [0.3, 0.4) is 0 Å². The quantitative estimate of drug-likeness (QED) is 0.846. The van der Waals surface area contributed by atoms with E-state index < -0.39 is 0 Å². The summed E-state index contributed by atoms with van der Waals surface area (Å²) < 4.78 is 13.6. The van der Waals surface area contributed by atoms with E-state index in [0.29, 0.717) is 17.3 Å². The molecule has 0 fully saturated rings. The van der Waals surface area contributed by atoms with Gasteiger partial charge in [0, 0.05) is 11.6 Å². The number of benzene rings is 2. The Balaban J connectivity index is 2.14. The third-order valence-corrected chi connectivity index (χ3v) is 3.35. The van der Waals surface area contributed by atoms with E-state index in [1.807, 2.05) is 12.1 Å². The molecule has 0 spiro atoms. The van der Waals surface area contributed by atoms with E-state index >= 15 is 0 Å². The van der Waals surface area contributed by atoms with Gasteiger partial charge in [-0.3, -0.25) is 0 Å². The molecule has 0 amide bonds. The van der Waals surface area contributed by atoms with E-state index in [1.165, 1.54) is 22.8 Å². The molecule has 2 rings (SSSR count). The molecular formula is C15H15ClFN. The van der Waals surface area contributed by atoms with Gasteiger partial charge < -0.3 is 5.32 Å². The second-order valence-electron chi connectivity index (χ2n) is 4.34. The Morgan fingerprint density at radius 3 is 2.67 bits per heavy atom. The lowest BCUT2D eigenvalue weighted by Crippen LogP contribution is -2.03. The van der Waals surface area contributed by atoms with Crippen LogP contribution in [0.15, 0.2) is 36.4 Å². The van der Waals surface area contributed by atoms with Crippen molar-refractivity contribution in [3.63, 3.8) is 0 Å². The normalized spacial score (nSPS) is 10.4. The summed E-state index contributed by atoms with van der Waals surface area (Å²) >= 11 is 5.71. The molecule has 1 nitrogen and oxygen atoms in total. The van der Waals surface area contributed by atoms with Crippen molar-refractivity contribution in [3.8, 4) is 0 Å². The molecule has 2 aromatic carbocycles. The molecule has 0 heterocycles. The predicted molar refractivity (Wildman–Crippen MR) is 74.7 cm³/mol. The Hall–Kier alpha value is -1.54. The van der Waals surface area contributed by atoms with Gasteiger partial charge in [-0.15, -0.1) is 0 Å². The zero-order chi connectivity index (χ0) is 13.1. The number of rotatable bonds is 3. The highest BCUT2D eigenvalue weighted by atomic mass is 35.5.